The van der Waals surface area contributed by atoms with E-state index in [0.717, 1.165) is 51.4 Å². The molecule has 0 unspecified atom stereocenters. The molecule has 0 radical (unpaired) electrons. The van der Waals surface area contributed by atoms with Gasteiger partial charge in [-0.1, -0.05) is 25.0 Å². The van der Waals surface area contributed by atoms with E-state index in [1.165, 1.54) is 0 Å². The molecule has 0 heterocycles. The van der Waals surface area contributed by atoms with Gasteiger partial charge >= 0.3 is 0 Å². The molecule has 0 saturated carbocycles. The Kier molecular flexibility index (Phi) is 18.0. The van der Waals surface area contributed by atoms with Crippen LogP contribution in [0.1, 0.15) is 65.2 Å². The molecule has 0 aliphatic rings. The first-order chi connectivity index (χ1) is 8.54. The van der Waals surface area contributed by atoms with Gasteiger partial charge in [0.1, 0.15) is 0 Å². The van der Waals surface area contributed by atoms with Crippen LogP contribution in [0.25, 0.3) is 0 Å². The predicted octanol–water partition coefficient (Wildman–Crippen LogP) is 4.23. The molecule has 2 nitrogen and oxygen atoms in total. The third-order valence-corrected chi connectivity index (χ3v) is 2.56. The monoisotopic (exact) mass is 256 g/mol. The van der Waals surface area contributed by atoms with Gasteiger partial charge in [0.15, 0.2) is 0 Å². The van der Waals surface area contributed by atoms with E-state index in [1.807, 2.05) is 26.0 Å². The zero-order valence-electron chi connectivity index (χ0n) is 12.3. The Morgan fingerprint density at radius 2 is 1.11 bits per heavy atom. The van der Waals surface area contributed by atoms with Gasteiger partial charge in [0.2, 0.25) is 0 Å². The average molecular weight is 256 g/mol. The van der Waals surface area contributed by atoms with Crippen LogP contribution in [0.5, 0.6) is 0 Å². The summed E-state index contributed by atoms with van der Waals surface area (Å²) in [6.45, 7) is 10.9. The van der Waals surface area contributed by atoms with Crippen LogP contribution >= 0.6 is 0 Å². The summed E-state index contributed by atoms with van der Waals surface area (Å²) in [7, 11) is 0. The lowest BCUT2D eigenvalue weighted by molar-refractivity contribution is 0.180. The third kappa shape index (κ3) is 24.6. The van der Waals surface area contributed by atoms with Crippen molar-refractivity contribution in [1.29, 1.82) is 0 Å². The lowest BCUT2D eigenvalue weighted by atomic mass is 10.1. The van der Waals surface area contributed by atoms with Crippen LogP contribution in [-0.2, 0) is 0 Å². The van der Waals surface area contributed by atoms with E-state index in [-0.39, 0.29) is 12.2 Å². The first-order valence-electron chi connectivity index (χ1n) is 7.12. The molecule has 0 aliphatic carbocycles. The number of rotatable bonds is 10. The van der Waals surface area contributed by atoms with Gasteiger partial charge in [-0.05, 0) is 52.4 Å². The van der Waals surface area contributed by atoms with E-state index in [9.17, 15) is 0 Å². The summed E-state index contributed by atoms with van der Waals surface area (Å²) in [5.74, 6) is 0. The molecule has 0 fully saturated rings. The maximum Gasteiger partial charge on any atom is 0.0512 e. The van der Waals surface area contributed by atoms with Gasteiger partial charge in [-0.3, -0.25) is 0 Å². The van der Waals surface area contributed by atoms with Crippen LogP contribution in [0, 0.1) is 0 Å². The Morgan fingerprint density at radius 1 is 0.778 bits per heavy atom. The summed E-state index contributed by atoms with van der Waals surface area (Å²) < 4.78 is 0. The Balaban J connectivity index is 0. The number of aliphatic hydroxyl groups is 2. The maximum atomic E-state index is 8.83. The summed E-state index contributed by atoms with van der Waals surface area (Å²) in [4.78, 5) is 0. The molecule has 108 valence electrons. The quantitative estimate of drug-likeness (QED) is 0.453. The molecule has 0 amide bonds. The highest BCUT2D eigenvalue weighted by molar-refractivity contribution is 4.66. The summed E-state index contributed by atoms with van der Waals surface area (Å²) >= 11 is 0. The summed E-state index contributed by atoms with van der Waals surface area (Å²) in [6, 6.07) is 0. The van der Waals surface area contributed by atoms with Gasteiger partial charge in [-0.25, -0.2) is 0 Å². The third-order valence-electron chi connectivity index (χ3n) is 2.56. The molecule has 0 saturated heterocycles. The summed E-state index contributed by atoms with van der Waals surface area (Å²) in [5.41, 5.74) is 0. The number of allylic oxidation sites excluding steroid dienone is 2. The standard InChI is InChI=1S/2C8H16O/c2*1-3-4-5-6-7-8(2)9/h2*3,8-9H,1,4-7H2,2H3/t2*8-/m11/s1. The van der Waals surface area contributed by atoms with Crippen LogP contribution in [0.15, 0.2) is 25.3 Å². The van der Waals surface area contributed by atoms with Crippen LogP contribution in [-0.4, -0.2) is 22.4 Å². The van der Waals surface area contributed by atoms with E-state index in [2.05, 4.69) is 13.2 Å². The molecule has 0 aromatic carbocycles. The molecular formula is C16H32O2. The fourth-order valence-electron chi connectivity index (χ4n) is 1.46. The Morgan fingerprint density at radius 3 is 1.33 bits per heavy atom. The molecule has 0 aromatic rings. The molecule has 2 atom stereocenters. The second kappa shape index (κ2) is 16.4. The van der Waals surface area contributed by atoms with Gasteiger partial charge in [0.05, 0.1) is 12.2 Å². The fraction of sp³-hybridized carbons (Fsp3) is 0.750. The van der Waals surface area contributed by atoms with E-state index in [1.54, 1.807) is 0 Å². The van der Waals surface area contributed by atoms with Crippen molar-refractivity contribution in [3.05, 3.63) is 25.3 Å². The van der Waals surface area contributed by atoms with Crippen molar-refractivity contribution in [2.24, 2.45) is 0 Å². The summed E-state index contributed by atoms with van der Waals surface area (Å²) in [5, 5.41) is 17.7. The smallest absolute Gasteiger partial charge is 0.0512 e. The molecule has 0 rings (SSSR count). The van der Waals surface area contributed by atoms with Crippen molar-refractivity contribution < 1.29 is 10.2 Å². The van der Waals surface area contributed by atoms with Gasteiger partial charge < -0.3 is 10.2 Å². The SMILES string of the molecule is C=CCCCC[C@@H](C)O.C=CCCCC[C@@H](C)O. The number of unbranched alkanes of at least 4 members (excludes halogenated alkanes) is 4. The van der Waals surface area contributed by atoms with E-state index in [4.69, 9.17) is 10.2 Å². The number of aliphatic hydroxyl groups excluding tert-OH is 2. The van der Waals surface area contributed by atoms with Crippen molar-refractivity contribution in [1.82, 2.24) is 0 Å². The minimum atomic E-state index is -0.130. The van der Waals surface area contributed by atoms with Gasteiger partial charge in [0, 0.05) is 0 Å². The molecule has 18 heavy (non-hydrogen) atoms. The molecule has 0 aromatic heterocycles. The zero-order chi connectivity index (χ0) is 14.2. The van der Waals surface area contributed by atoms with Crippen molar-refractivity contribution in [2.75, 3.05) is 0 Å². The second-order valence-electron chi connectivity index (χ2n) is 4.84. The molecular weight excluding hydrogens is 224 g/mol. The number of hydrogen-bond donors (Lipinski definition) is 2. The van der Waals surface area contributed by atoms with Crippen LogP contribution in [0.4, 0.5) is 0 Å². The Bertz CT molecular complexity index is 154. The van der Waals surface area contributed by atoms with E-state index < -0.39 is 0 Å². The molecule has 0 spiro atoms. The van der Waals surface area contributed by atoms with Gasteiger partial charge in [-0.2, -0.15) is 0 Å². The lowest BCUT2D eigenvalue weighted by Crippen LogP contribution is -1.97. The first kappa shape index (κ1) is 19.7. The van der Waals surface area contributed by atoms with Gasteiger partial charge in [-0.15, -0.1) is 13.2 Å². The second-order valence-corrected chi connectivity index (χ2v) is 4.84. The minimum Gasteiger partial charge on any atom is -0.393 e. The molecule has 0 bridgehead atoms. The minimum absolute atomic E-state index is 0.130. The molecule has 2 N–H and O–H groups in total. The van der Waals surface area contributed by atoms with Crippen molar-refractivity contribution in [3.8, 4) is 0 Å². The highest BCUT2D eigenvalue weighted by Crippen LogP contribution is 2.03. The highest BCUT2D eigenvalue weighted by atomic mass is 16.3. The van der Waals surface area contributed by atoms with Crippen molar-refractivity contribution in [3.63, 3.8) is 0 Å². The highest BCUT2D eigenvalue weighted by Gasteiger charge is 1.93. The Labute approximate surface area is 113 Å². The van der Waals surface area contributed by atoms with E-state index in [0.29, 0.717) is 0 Å². The average Bonchev–Trinajstić information content (AvgIpc) is 2.31. The van der Waals surface area contributed by atoms with Crippen LogP contribution in [0.3, 0.4) is 0 Å². The summed E-state index contributed by atoms with van der Waals surface area (Å²) in [6.07, 6.45) is 12.1. The zero-order valence-corrected chi connectivity index (χ0v) is 12.3. The maximum absolute atomic E-state index is 8.83. The number of hydrogen-bond acceptors (Lipinski definition) is 2. The fourth-order valence-corrected chi connectivity index (χ4v) is 1.46. The van der Waals surface area contributed by atoms with Crippen molar-refractivity contribution >= 4 is 0 Å². The topological polar surface area (TPSA) is 40.5 Å². The van der Waals surface area contributed by atoms with Gasteiger partial charge in [0.25, 0.3) is 0 Å². The largest absolute Gasteiger partial charge is 0.393 e. The molecule has 2 heteroatoms. The van der Waals surface area contributed by atoms with Crippen LogP contribution < -0.4 is 0 Å². The van der Waals surface area contributed by atoms with Crippen molar-refractivity contribution in [2.45, 2.75) is 77.4 Å². The Hall–Kier alpha value is -0.600. The molecule has 0 aliphatic heterocycles. The van der Waals surface area contributed by atoms with E-state index >= 15 is 0 Å². The van der Waals surface area contributed by atoms with Crippen LogP contribution in [0.2, 0.25) is 0 Å². The first-order valence-corrected chi connectivity index (χ1v) is 7.12. The normalized spacial score (nSPS) is 13.1. The lowest BCUT2D eigenvalue weighted by Gasteiger charge is -2.00. The predicted molar refractivity (Wildman–Crippen MR) is 80.7 cm³/mol.